The molecule has 0 unspecified atom stereocenters. The molecule has 1 spiro atoms. The summed E-state index contributed by atoms with van der Waals surface area (Å²) in [5.41, 5.74) is 3.47. The van der Waals surface area contributed by atoms with Crippen LogP contribution in [0.1, 0.15) is 24.8 Å². The Bertz CT molecular complexity index is 394. The predicted octanol–water partition coefficient (Wildman–Crippen LogP) is 2.57. The van der Waals surface area contributed by atoms with Gasteiger partial charge in [-0.15, -0.1) is 0 Å². The van der Waals surface area contributed by atoms with Crippen molar-refractivity contribution in [2.75, 3.05) is 31.1 Å². The van der Waals surface area contributed by atoms with E-state index in [4.69, 9.17) is 0 Å². The first-order chi connectivity index (χ1) is 8.29. The number of nitrogens with zero attached hydrogens (tertiary/aromatic N) is 1. The maximum absolute atomic E-state index is 3.48. The molecule has 0 radical (unpaired) electrons. The van der Waals surface area contributed by atoms with Crippen LogP contribution in [0.25, 0.3) is 0 Å². The minimum absolute atomic E-state index is 0.605. The summed E-state index contributed by atoms with van der Waals surface area (Å²) in [6.45, 7) is 7.15. The Labute approximate surface area is 104 Å². The van der Waals surface area contributed by atoms with Gasteiger partial charge in [-0.1, -0.05) is 18.2 Å². The second kappa shape index (κ2) is 4.34. The highest BCUT2D eigenvalue weighted by Gasteiger charge is 2.38. The van der Waals surface area contributed by atoms with Gasteiger partial charge in [-0.2, -0.15) is 0 Å². The first-order valence-electron chi connectivity index (χ1n) is 6.80. The normalized spacial score (nSPS) is 23.2. The number of benzene rings is 1. The number of hydrogen-bond donors (Lipinski definition) is 1. The Morgan fingerprint density at radius 2 is 1.88 bits per heavy atom. The number of para-hydroxylation sites is 1. The smallest absolute Gasteiger partial charge is 0.0396 e. The number of hydrogen-bond acceptors (Lipinski definition) is 2. The van der Waals surface area contributed by atoms with Crippen molar-refractivity contribution in [3.05, 3.63) is 29.8 Å². The molecule has 0 bridgehead atoms. The molecule has 2 fully saturated rings. The summed E-state index contributed by atoms with van der Waals surface area (Å²) < 4.78 is 0. The summed E-state index contributed by atoms with van der Waals surface area (Å²) in [5.74, 6) is 0. The zero-order chi connectivity index (χ0) is 11.7. The molecule has 0 aromatic heterocycles. The maximum Gasteiger partial charge on any atom is 0.0396 e. The number of anilines is 1. The fourth-order valence-corrected chi connectivity index (χ4v) is 3.42. The van der Waals surface area contributed by atoms with Crippen molar-refractivity contribution in [1.29, 1.82) is 0 Å². The van der Waals surface area contributed by atoms with Gasteiger partial charge < -0.3 is 10.2 Å². The standard InChI is InChI=1S/C15H22N2/c1-13-4-2-3-5-14(13)17-11-8-15(12-17)6-9-16-10-7-15/h2-5,16H,6-12H2,1H3. The first-order valence-corrected chi connectivity index (χ1v) is 6.80. The molecular formula is C15H22N2. The molecule has 0 amide bonds. The Morgan fingerprint density at radius 3 is 2.65 bits per heavy atom. The van der Waals surface area contributed by atoms with Gasteiger partial charge in [0.2, 0.25) is 0 Å². The van der Waals surface area contributed by atoms with Gasteiger partial charge in [0.05, 0.1) is 0 Å². The van der Waals surface area contributed by atoms with E-state index >= 15 is 0 Å². The Balaban J connectivity index is 1.77. The lowest BCUT2D eigenvalue weighted by Crippen LogP contribution is -2.38. The van der Waals surface area contributed by atoms with Crippen molar-refractivity contribution in [3.8, 4) is 0 Å². The van der Waals surface area contributed by atoms with E-state index in [9.17, 15) is 0 Å². The van der Waals surface area contributed by atoms with Gasteiger partial charge in [0.15, 0.2) is 0 Å². The summed E-state index contributed by atoms with van der Waals surface area (Å²) in [4.78, 5) is 2.60. The second-order valence-corrected chi connectivity index (χ2v) is 5.71. The molecule has 17 heavy (non-hydrogen) atoms. The fraction of sp³-hybridized carbons (Fsp3) is 0.600. The molecule has 1 N–H and O–H groups in total. The van der Waals surface area contributed by atoms with E-state index in [1.54, 1.807) is 0 Å². The van der Waals surface area contributed by atoms with Crippen molar-refractivity contribution in [2.24, 2.45) is 5.41 Å². The van der Waals surface area contributed by atoms with Crippen LogP contribution in [0.4, 0.5) is 5.69 Å². The van der Waals surface area contributed by atoms with Crippen LogP contribution in [0.5, 0.6) is 0 Å². The topological polar surface area (TPSA) is 15.3 Å². The second-order valence-electron chi connectivity index (χ2n) is 5.71. The lowest BCUT2D eigenvalue weighted by atomic mass is 9.78. The average molecular weight is 230 g/mol. The van der Waals surface area contributed by atoms with E-state index in [0.29, 0.717) is 5.41 Å². The maximum atomic E-state index is 3.48. The van der Waals surface area contributed by atoms with E-state index in [2.05, 4.69) is 41.4 Å². The van der Waals surface area contributed by atoms with Crippen LogP contribution in [0.15, 0.2) is 24.3 Å². The first kappa shape index (κ1) is 11.1. The van der Waals surface area contributed by atoms with Crippen LogP contribution in [0, 0.1) is 12.3 Å². The molecule has 1 aromatic rings. The largest absolute Gasteiger partial charge is 0.371 e. The SMILES string of the molecule is Cc1ccccc1N1CCC2(CCNCC2)C1. The molecule has 3 rings (SSSR count). The van der Waals surface area contributed by atoms with E-state index in [-0.39, 0.29) is 0 Å². The van der Waals surface area contributed by atoms with E-state index in [1.165, 1.54) is 56.7 Å². The van der Waals surface area contributed by atoms with Gasteiger partial charge in [-0.3, -0.25) is 0 Å². The zero-order valence-electron chi connectivity index (χ0n) is 10.7. The van der Waals surface area contributed by atoms with Crippen molar-refractivity contribution in [1.82, 2.24) is 5.32 Å². The van der Waals surface area contributed by atoms with Gasteiger partial charge >= 0.3 is 0 Å². The van der Waals surface area contributed by atoms with Crippen LogP contribution >= 0.6 is 0 Å². The highest BCUT2D eigenvalue weighted by atomic mass is 15.2. The predicted molar refractivity (Wildman–Crippen MR) is 72.5 cm³/mol. The lowest BCUT2D eigenvalue weighted by molar-refractivity contribution is 0.232. The minimum atomic E-state index is 0.605. The third kappa shape index (κ3) is 2.06. The van der Waals surface area contributed by atoms with Crippen LogP contribution < -0.4 is 10.2 Å². The Morgan fingerprint density at radius 1 is 1.12 bits per heavy atom. The van der Waals surface area contributed by atoms with E-state index in [1.807, 2.05) is 0 Å². The zero-order valence-corrected chi connectivity index (χ0v) is 10.7. The van der Waals surface area contributed by atoms with Gasteiger partial charge in [0, 0.05) is 18.8 Å². The van der Waals surface area contributed by atoms with Crippen LogP contribution in [0.2, 0.25) is 0 Å². The van der Waals surface area contributed by atoms with Crippen LogP contribution in [-0.2, 0) is 0 Å². The summed E-state index contributed by atoms with van der Waals surface area (Å²) in [5, 5.41) is 3.48. The number of rotatable bonds is 1. The van der Waals surface area contributed by atoms with Crippen molar-refractivity contribution >= 4 is 5.69 Å². The molecule has 2 heterocycles. The summed E-state index contributed by atoms with van der Waals surface area (Å²) in [6, 6.07) is 8.79. The van der Waals surface area contributed by atoms with Gasteiger partial charge in [0.1, 0.15) is 0 Å². The Hall–Kier alpha value is -1.02. The van der Waals surface area contributed by atoms with Crippen molar-refractivity contribution in [3.63, 3.8) is 0 Å². The van der Waals surface area contributed by atoms with E-state index in [0.717, 1.165) is 0 Å². The molecule has 2 heteroatoms. The molecule has 2 aliphatic rings. The molecule has 92 valence electrons. The molecule has 0 aliphatic carbocycles. The minimum Gasteiger partial charge on any atom is -0.371 e. The third-order valence-electron chi connectivity index (χ3n) is 4.56. The molecule has 2 nitrogen and oxygen atoms in total. The molecule has 2 saturated heterocycles. The van der Waals surface area contributed by atoms with Gasteiger partial charge in [-0.25, -0.2) is 0 Å². The van der Waals surface area contributed by atoms with Gasteiger partial charge in [0.25, 0.3) is 0 Å². The summed E-state index contributed by atoms with van der Waals surface area (Å²) >= 11 is 0. The summed E-state index contributed by atoms with van der Waals surface area (Å²) in [7, 11) is 0. The average Bonchev–Trinajstić information content (AvgIpc) is 2.74. The molecule has 2 aliphatic heterocycles. The monoisotopic (exact) mass is 230 g/mol. The molecule has 1 aromatic carbocycles. The summed E-state index contributed by atoms with van der Waals surface area (Å²) in [6.07, 6.45) is 4.09. The molecule has 0 atom stereocenters. The van der Waals surface area contributed by atoms with Crippen LogP contribution in [0.3, 0.4) is 0 Å². The quantitative estimate of drug-likeness (QED) is 0.797. The highest BCUT2D eigenvalue weighted by Crippen LogP contribution is 2.40. The fourth-order valence-electron chi connectivity index (χ4n) is 3.42. The number of nitrogens with one attached hydrogen (secondary N) is 1. The third-order valence-corrected chi connectivity index (χ3v) is 4.56. The van der Waals surface area contributed by atoms with Crippen molar-refractivity contribution in [2.45, 2.75) is 26.2 Å². The molecule has 0 saturated carbocycles. The molecular weight excluding hydrogens is 208 g/mol. The van der Waals surface area contributed by atoms with E-state index < -0.39 is 0 Å². The lowest BCUT2D eigenvalue weighted by Gasteiger charge is -2.34. The van der Waals surface area contributed by atoms with Crippen LogP contribution in [-0.4, -0.2) is 26.2 Å². The Kier molecular flexibility index (Phi) is 2.83. The number of piperidine rings is 1. The van der Waals surface area contributed by atoms with Crippen molar-refractivity contribution < 1.29 is 0 Å². The van der Waals surface area contributed by atoms with Gasteiger partial charge in [-0.05, 0) is 56.3 Å². The number of aryl methyl sites for hydroxylation is 1. The highest BCUT2D eigenvalue weighted by molar-refractivity contribution is 5.54.